The first kappa shape index (κ1) is 17.3. The first-order chi connectivity index (χ1) is 13.2. The highest BCUT2D eigenvalue weighted by atomic mass is 16.7. The lowest BCUT2D eigenvalue weighted by Crippen LogP contribution is -2.48. The van der Waals surface area contributed by atoms with E-state index in [4.69, 9.17) is 18.9 Å². The van der Waals surface area contributed by atoms with Gasteiger partial charge < -0.3 is 28.7 Å². The van der Waals surface area contributed by atoms with Crippen molar-refractivity contribution in [3.63, 3.8) is 0 Å². The van der Waals surface area contributed by atoms with Gasteiger partial charge in [0.1, 0.15) is 11.5 Å². The molecule has 2 aromatic carbocycles. The number of carbonyl (C=O) groups excluding carboxylic acids is 1. The van der Waals surface area contributed by atoms with Crippen LogP contribution < -0.4 is 23.8 Å². The standard InChI is InChI=1S/C20H22N2O5/c1-24-16-9-14(10-17(12-16)25-2)20(23)22-7-5-21(6-8-22)15-3-4-18-19(11-15)27-13-26-18/h3-4,9-12H,5-8,13H2,1-2H3. The Balaban J connectivity index is 1.44. The van der Waals surface area contributed by atoms with Crippen molar-refractivity contribution < 1.29 is 23.7 Å². The fourth-order valence-corrected chi connectivity index (χ4v) is 3.36. The molecule has 2 aliphatic heterocycles. The summed E-state index contributed by atoms with van der Waals surface area (Å²) in [5.74, 6) is 2.75. The van der Waals surface area contributed by atoms with Crippen molar-refractivity contribution in [1.82, 2.24) is 4.90 Å². The maximum Gasteiger partial charge on any atom is 0.254 e. The Morgan fingerprint density at radius 3 is 2.22 bits per heavy atom. The number of piperazine rings is 1. The van der Waals surface area contributed by atoms with Crippen LogP contribution in [0, 0.1) is 0 Å². The Hall–Kier alpha value is -3.09. The minimum Gasteiger partial charge on any atom is -0.497 e. The zero-order valence-corrected chi connectivity index (χ0v) is 15.4. The number of carbonyl (C=O) groups is 1. The molecule has 27 heavy (non-hydrogen) atoms. The molecule has 0 aliphatic carbocycles. The molecule has 7 nitrogen and oxygen atoms in total. The summed E-state index contributed by atoms with van der Waals surface area (Å²) >= 11 is 0. The molecule has 0 saturated carbocycles. The van der Waals surface area contributed by atoms with E-state index in [0.717, 1.165) is 30.3 Å². The van der Waals surface area contributed by atoms with E-state index in [2.05, 4.69) is 4.90 Å². The quantitative estimate of drug-likeness (QED) is 0.824. The molecular weight excluding hydrogens is 348 g/mol. The molecule has 0 radical (unpaired) electrons. The van der Waals surface area contributed by atoms with E-state index in [1.54, 1.807) is 32.4 Å². The highest BCUT2D eigenvalue weighted by Gasteiger charge is 2.24. The average Bonchev–Trinajstić information content (AvgIpc) is 3.20. The van der Waals surface area contributed by atoms with E-state index in [1.807, 2.05) is 23.1 Å². The maximum atomic E-state index is 12.9. The van der Waals surface area contributed by atoms with E-state index in [1.165, 1.54) is 0 Å². The summed E-state index contributed by atoms with van der Waals surface area (Å²) in [5, 5.41) is 0. The summed E-state index contributed by atoms with van der Waals surface area (Å²) in [7, 11) is 3.15. The topological polar surface area (TPSA) is 60.5 Å². The van der Waals surface area contributed by atoms with Gasteiger partial charge in [-0.1, -0.05) is 0 Å². The van der Waals surface area contributed by atoms with Crippen molar-refractivity contribution >= 4 is 11.6 Å². The Morgan fingerprint density at radius 1 is 0.889 bits per heavy atom. The van der Waals surface area contributed by atoms with Crippen molar-refractivity contribution in [3.8, 4) is 23.0 Å². The van der Waals surface area contributed by atoms with Gasteiger partial charge in [0.05, 0.1) is 14.2 Å². The number of methoxy groups -OCH3 is 2. The van der Waals surface area contributed by atoms with Gasteiger partial charge in [-0.2, -0.15) is 0 Å². The van der Waals surface area contributed by atoms with Crippen LogP contribution >= 0.6 is 0 Å². The number of hydrogen-bond donors (Lipinski definition) is 0. The fraction of sp³-hybridized carbons (Fsp3) is 0.350. The lowest BCUT2D eigenvalue weighted by molar-refractivity contribution is 0.0746. The van der Waals surface area contributed by atoms with Gasteiger partial charge in [0, 0.05) is 49.6 Å². The normalized spacial score (nSPS) is 15.6. The van der Waals surface area contributed by atoms with Crippen LogP contribution in [0.25, 0.3) is 0 Å². The van der Waals surface area contributed by atoms with Crippen LogP contribution in [0.4, 0.5) is 5.69 Å². The molecule has 2 aromatic rings. The molecule has 1 saturated heterocycles. The zero-order chi connectivity index (χ0) is 18.8. The van der Waals surface area contributed by atoms with Gasteiger partial charge >= 0.3 is 0 Å². The average molecular weight is 370 g/mol. The summed E-state index contributed by atoms with van der Waals surface area (Å²) in [4.78, 5) is 17.0. The Kier molecular flexibility index (Phi) is 4.66. The molecule has 142 valence electrons. The van der Waals surface area contributed by atoms with Crippen LogP contribution in [0.3, 0.4) is 0 Å². The third kappa shape index (κ3) is 3.45. The predicted molar refractivity (Wildman–Crippen MR) is 100 cm³/mol. The lowest BCUT2D eigenvalue weighted by atomic mass is 10.1. The Bertz CT molecular complexity index is 824. The number of amides is 1. The van der Waals surface area contributed by atoms with Gasteiger partial charge in [-0.05, 0) is 24.3 Å². The molecule has 2 aliphatic rings. The molecule has 7 heteroatoms. The van der Waals surface area contributed by atoms with Crippen LogP contribution in [0.1, 0.15) is 10.4 Å². The number of hydrogen-bond acceptors (Lipinski definition) is 6. The molecule has 0 bridgehead atoms. The number of rotatable bonds is 4. The van der Waals surface area contributed by atoms with Gasteiger partial charge in [-0.3, -0.25) is 4.79 Å². The van der Waals surface area contributed by atoms with Crippen molar-refractivity contribution in [2.75, 3.05) is 52.1 Å². The minimum absolute atomic E-state index is 0.0162. The molecule has 0 unspecified atom stereocenters. The second kappa shape index (κ2) is 7.26. The van der Waals surface area contributed by atoms with Crippen LogP contribution in [0.15, 0.2) is 36.4 Å². The van der Waals surface area contributed by atoms with Gasteiger partial charge in [0.2, 0.25) is 6.79 Å². The van der Waals surface area contributed by atoms with E-state index in [9.17, 15) is 4.79 Å². The van der Waals surface area contributed by atoms with Crippen molar-refractivity contribution in [1.29, 1.82) is 0 Å². The van der Waals surface area contributed by atoms with Crippen LogP contribution in [0.2, 0.25) is 0 Å². The zero-order valence-electron chi connectivity index (χ0n) is 15.4. The number of benzene rings is 2. The van der Waals surface area contributed by atoms with Crippen LogP contribution in [-0.4, -0.2) is 58.0 Å². The van der Waals surface area contributed by atoms with Gasteiger partial charge in [0.25, 0.3) is 5.91 Å². The predicted octanol–water partition coefficient (Wildman–Crippen LogP) is 2.39. The first-order valence-corrected chi connectivity index (χ1v) is 8.85. The van der Waals surface area contributed by atoms with Crippen molar-refractivity contribution in [3.05, 3.63) is 42.0 Å². The molecule has 0 atom stereocenters. The number of nitrogens with zero attached hydrogens (tertiary/aromatic N) is 2. The van der Waals surface area contributed by atoms with E-state index in [-0.39, 0.29) is 12.7 Å². The Labute approximate surface area is 158 Å². The van der Waals surface area contributed by atoms with E-state index >= 15 is 0 Å². The second-order valence-electron chi connectivity index (χ2n) is 6.42. The maximum absolute atomic E-state index is 12.9. The second-order valence-corrected chi connectivity index (χ2v) is 6.42. The lowest BCUT2D eigenvalue weighted by Gasteiger charge is -2.36. The van der Waals surface area contributed by atoms with Gasteiger partial charge in [0.15, 0.2) is 11.5 Å². The molecular formula is C20H22N2O5. The van der Waals surface area contributed by atoms with Crippen LogP contribution in [-0.2, 0) is 0 Å². The van der Waals surface area contributed by atoms with Crippen LogP contribution in [0.5, 0.6) is 23.0 Å². The fourth-order valence-electron chi connectivity index (χ4n) is 3.36. The SMILES string of the molecule is COc1cc(OC)cc(C(=O)N2CCN(c3ccc4c(c3)OCO4)CC2)c1. The van der Waals surface area contributed by atoms with Crippen molar-refractivity contribution in [2.24, 2.45) is 0 Å². The summed E-state index contributed by atoms with van der Waals surface area (Å²) < 4.78 is 21.3. The molecule has 2 heterocycles. The summed E-state index contributed by atoms with van der Waals surface area (Å²) in [6.45, 7) is 3.07. The third-order valence-electron chi connectivity index (χ3n) is 4.89. The van der Waals surface area contributed by atoms with Gasteiger partial charge in [-0.15, -0.1) is 0 Å². The number of anilines is 1. The number of ether oxygens (including phenoxy) is 4. The minimum atomic E-state index is -0.0162. The number of fused-ring (bicyclic) bond motifs is 1. The highest BCUT2D eigenvalue weighted by Crippen LogP contribution is 2.35. The van der Waals surface area contributed by atoms with Crippen molar-refractivity contribution in [2.45, 2.75) is 0 Å². The summed E-state index contributed by atoms with van der Waals surface area (Å²) in [6.07, 6.45) is 0. The Morgan fingerprint density at radius 2 is 1.56 bits per heavy atom. The molecule has 0 aromatic heterocycles. The summed E-state index contributed by atoms with van der Waals surface area (Å²) in [6, 6.07) is 11.2. The molecule has 1 fully saturated rings. The highest BCUT2D eigenvalue weighted by molar-refractivity contribution is 5.95. The summed E-state index contributed by atoms with van der Waals surface area (Å²) in [5.41, 5.74) is 1.65. The molecule has 0 spiro atoms. The monoisotopic (exact) mass is 370 g/mol. The van der Waals surface area contributed by atoms with Gasteiger partial charge in [-0.25, -0.2) is 0 Å². The third-order valence-corrected chi connectivity index (χ3v) is 4.89. The molecule has 1 amide bonds. The first-order valence-electron chi connectivity index (χ1n) is 8.85. The van der Waals surface area contributed by atoms with E-state index < -0.39 is 0 Å². The largest absolute Gasteiger partial charge is 0.497 e. The molecule has 0 N–H and O–H groups in total. The molecule has 4 rings (SSSR count). The van der Waals surface area contributed by atoms with E-state index in [0.29, 0.717) is 30.2 Å². The smallest absolute Gasteiger partial charge is 0.254 e.